The number of nitrogens with zero attached hydrogens (tertiary/aromatic N) is 1. The van der Waals surface area contributed by atoms with E-state index in [1.807, 2.05) is 17.0 Å². The minimum atomic E-state index is 0.264. The molecule has 0 spiro atoms. The Kier molecular flexibility index (Phi) is 4.15. The summed E-state index contributed by atoms with van der Waals surface area (Å²) in [6.45, 7) is 4.89. The molecule has 0 unspecified atom stereocenters. The third kappa shape index (κ3) is 2.86. The molecule has 1 aliphatic heterocycles. The maximum atomic E-state index is 11.9. The highest BCUT2D eigenvalue weighted by molar-refractivity contribution is 5.96. The van der Waals surface area contributed by atoms with Gasteiger partial charge in [-0.3, -0.25) is 4.79 Å². The number of hydrogen-bond donors (Lipinski definition) is 1. The Morgan fingerprint density at radius 1 is 1.29 bits per heavy atom. The minimum Gasteiger partial charge on any atom is -0.317 e. The highest BCUT2D eigenvalue weighted by Gasteiger charge is 2.22. The van der Waals surface area contributed by atoms with Crippen LogP contribution in [0.1, 0.15) is 25.3 Å². The Hall–Kier alpha value is -1.35. The van der Waals surface area contributed by atoms with Gasteiger partial charge in [-0.1, -0.05) is 25.1 Å². The van der Waals surface area contributed by atoms with Gasteiger partial charge in [-0.25, -0.2) is 0 Å². The van der Waals surface area contributed by atoms with Crippen molar-refractivity contribution in [3.05, 3.63) is 29.8 Å². The number of benzene rings is 1. The zero-order valence-corrected chi connectivity index (χ0v) is 10.4. The molecule has 0 saturated carbocycles. The van der Waals surface area contributed by atoms with E-state index in [2.05, 4.69) is 24.4 Å². The van der Waals surface area contributed by atoms with E-state index < -0.39 is 0 Å². The van der Waals surface area contributed by atoms with Crippen LogP contribution in [0.5, 0.6) is 0 Å². The van der Waals surface area contributed by atoms with E-state index in [1.54, 1.807) is 0 Å². The molecule has 3 heteroatoms. The van der Waals surface area contributed by atoms with Crippen LogP contribution >= 0.6 is 0 Å². The van der Waals surface area contributed by atoms with E-state index in [0.717, 1.165) is 38.2 Å². The molecule has 17 heavy (non-hydrogen) atoms. The number of para-hydroxylation sites is 1. The molecule has 0 bridgehead atoms. The van der Waals surface area contributed by atoms with Gasteiger partial charge < -0.3 is 10.2 Å². The summed E-state index contributed by atoms with van der Waals surface area (Å²) in [7, 11) is 0. The Labute approximate surface area is 103 Å². The molecule has 1 N–H and O–H groups in total. The average Bonchev–Trinajstić information content (AvgIpc) is 2.37. The molecule has 0 aromatic heterocycles. The Morgan fingerprint density at radius 3 is 2.94 bits per heavy atom. The molecule has 3 nitrogen and oxygen atoms in total. The van der Waals surface area contributed by atoms with Crippen LogP contribution in [0.15, 0.2) is 24.3 Å². The van der Waals surface area contributed by atoms with Gasteiger partial charge in [0, 0.05) is 18.7 Å². The first-order valence-corrected chi connectivity index (χ1v) is 6.42. The van der Waals surface area contributed by atoms with Gasteiger partial charge in [0.2, 0.25) is 5.91 Å². The molecule has 0 saturated heterocycles. The maximum Gasteiger partial charge on any atom is 0.227 e. The van der Waals surface area contributed by atoms with E-state index in [-0.39, 0.29) is 5.91 Å². The number of fused-ring (bicyclic) bond motifs is 1. The van der Waals surface area contributed by atoms with Crippen molar-refractivity contribution >= 4 is 11.6 Å². The van der Waals surface area contributed by atoms with Crippen LogP contribution in [0.25, 0.3) is 0 Å². The standard InChI is InChI=1S/C14H20N2O/c1-2-15-10-5-11-16-13-7-4-3-6-12(13)8-9-14(16)17/h3-4,6-7,15H,2,5,8-11H2,1H3. The van der Waals surface area contributed by atoms with Gasteiger partial charge in [0.1, 0.15) is 0 Å². The van der Waals surface area contributed by atoms with Gasteiger partial charge >= 0.3 is 0 Å². The predicted octanol–water partition coefficient (Wildman–Crippen LogP) is 1.97. The summed E-state index contributed by atoms with van der Waals surface area (Å²) in [5.74, 6) is 0.264. The van der Waals surface area contributed by atoms with Gasteiger partial charge in [-0.2, -0.15) is 0 Å². The van der Waals surface area contributed by atoms with Crippen LogP contribution in [0.3, 0.4) is 0 Å². The maximum absolute atomic E-state index is 11.9. The van der Waals surface area contributed by atoms with Gasteiger partial charge in [-0.05, 0) is 37.6 Å². The summed E-state index contributed by atoms with van der Waals surface area (Å²) in [5, 5.41) is 3.29. The molecule has 0 radical (unpaired) electrons. The van der Waals surface area contributed by atoms with Gasteiger partial charge in [0.15, 0.2) is 0 Å². The van der Waals surface area contributed by atoms with Crippen molar-refractivity contribution in [1.29, 1.82) is 0 Å². The predicted molar refractivity (Wildman–Crippen MR) is 70.3 cm³/mol. The third-order valence-electron chi connectivity index (χ3n) is 3.18. The van der Waals surface area contributed by atoms with Gasteiger partial charge in [0.05, 0.1) is 0 Å². The van der Waals surface area contributed by atoms with Crippen molar-refractivity contribution in [3.63, 3.8) is 0 Å². The fourth-order valence-corrected chi connectivity index (χ4v) is 2.28. The number of hydrogen-bond acceptors (Lipinski definition) is 2. The molecule has 0 fully saturated rings. The topological polar surface area (TPSA) is 32.3 Å². The summed E-state index contributed by atoms with van der Waals surface area (Å²) < 4.78 is 0. The second-order valence-corrected chi connectivity index (χ2v) is 4.38. The number of anilines is 1. The zero-order chi connectivity index (χ0) is 12.1. The lowest BCUT2D eigenvalue weighted by atomic mass is 10.0. The van der Waals surface area contributed by atoms with E-state index in [9.17, 15) is 4.79 Å². The lowest BCUT2D eigenvalue weighted by Gasteiger charge is -2.29. The molecular formula is C14H20N2O. The number of aryl methyl sites for hydroxylation is 1. The van der Waals surface area contributed by atoms with Gasteiger partial charge in [-0.15, -0.1) is 0 Å². The summed E-state index contributed by atoms with van der Waals surface area (Å²) in [4.78, 5) is 13.9. The van der Waals surface area contributed by atoms with Crippen molar-refractivity contribution in [2.45, 2.75) is 26.2 Å². The normalized spacial score (nSPS) is 14.9. The first kappa shape index (κ1) is 12.1. The molecule has 0 aliphatic carbocycles. The van der Waals surface area contributed by atoms with E-state index in [4.69, 9.17) is 0 Å². The van der Waals surface area contributed by atoms with Crippen LogP contribution in [0.2, 0.25) is 0 Å². The lowest BCUT2D eigenvalue weighted by Crippen LogP contribution is -2.36. The van der Waals surface area contributed by atoms with Gasteiger partial charge in [0.25, 0.3) is 0 Å². The average molecular weight is 232 g/mol. The second-order valence-electron chi connectivity index (χ2n) is 4.38. The fraction of sp³-hybridized carbons (Fsp3) is 0.500. The molecule has 0 atom stereocenters. The van der Waals surface area contributed by atoms with Crippen LogP contribution in [-0.4, -0.2) is 25.5 Å². The van der Waals surface area contributed by atoms with E-state index in [1.165, 1.54) is 5.56 Å². The molecule has 1 aliphatic rings. The van der Waals surface area contributed by atoms with Crippen LogP contribution in [0, 0.1) is 0 Å². The van der Waals surface area contributed by atoms with Crippen LogP contribution < -0.4 is 10.2 Å². The monoisotopic (exact) mass is 232 g/mol. The van der Waals surface area contributed by atoms with Crippen molar-refractivity contribution < 1.29 is 4.79 Å². The third-order valence-corrected chi connectivity index (χ3v) is 3.18. The fourth-order valence-electron chi connectivity index (χ4n) is 2.28. The Balaban J connectivity index is 2.02. The number of rotatable bonds is 5. The highest BCUT2D eigenvalue weighted by Crippen LogP contribution is 2.27. The minimum absolute atomic E-state index is 0.264. The lowest BCUT2D eigenvalue weighted by molar-refractivity contribution is -0.118. The molecular weight excluding hydrogens is 212 g/mol. The van der Waals surface area contributed by atoms with E-state index >= 15 is 0 Å². The van der Waals surface area contributed by atoms with Crippen molar-refractivity contribution in [2.24, 2.45) is 0 Å². The first-order chi connectivity index (χ1) is 8.33. The van der Waals surface area contributed by atoms with Crippen LogP contribution in [-0.2, 0) is 11.2 Å². The number of carbonyl (C=O) groups excluding carboxylic acids is 1. The number of nitrogens with one attached hydrogen (secondary N) is 1. The Bertz CT molecular complexity index is 390. The Morgan fingerprint density at radius 2 is 2.12 bits per heavy atom. The smallest absolute Gasteiger partial charge is 0.227 e. The summed E-state index contributed by atoms with van der Waals surface area (Å²) >= 11 is 0. The first-order valence-electron chi connectivity index (χ1n) is 6.42. The molecule has 1 aromatic carbocycles. The van der Waals surface area contributed by atoms with Crippen molar-refractivity contribution in [2.75, 3.05) is 24.5 Å². The summed E-state index contributed by atoms with van der Waals surface area (Å²) in [6, 6.07) is 8.24. The molecule has 1 amide bonds. The zero-order valence-electron chi connectivity index (χ0n) is 10.4. The van der Waals surface area contributed by atoms with Crippen LogP contribution in [0.4, 0.5) is 5.69 Å². The van der Waals surface area contributed by atoms with E-state index in [0.29, 0.717) is 6.42 Å². The quantitative estimate of drug-likeness (QED) is 0.787. The van der Waals surface area contributed by atoms with Crippen molar-refractivity contribution in [3.8, 4) is 0 Å². The number of amides is 1. The highest BCUT2D eigenvalue weighted by atomic mass is 16.2. The SMILES string of the molecule is CCNCCCN1C(=O)CCc2ccccc21. The summed E-state index contributed by atoms with van der Waals surface area (Å²) in [5.41, 5.74) is 2.41. The molecule has 2 rings (SSSR count). The molecule has 92 valence electrons. The largest absolute Gasteiger partial charge is 0.317 e. The molecule has 1 heterocycles. The second kappa shape index (κ2) is 5.82. The number of carbonyl (C=O) groups is 1. The van der Waals surface area contributed by atoms with Crippen molar-refractivity contribution in [1.82, 2.24) is 5.32 Å². The summed E-state index contributed by atoms with van der Waals surface area (Å²) in [6.07, 6.45) is 2.55. The molecule has 1 aromatic rings.